The molecule has 28 heavy (non-hydrogen) atoms. The van der Waals surface area contributed by atoms with Crippen molar-refractivity contribution in [3.63, 3.8) is 0 Å². The van der Waals surface area contributed by atoms with Gasteiger partial charge in [-0.3, -0.25) is 14.3 Å². The zero-order valence-corrected chi connectivity index (χ0v) is 16.3. The van der Waals surface area contributed by atoms with Crippen molar-refractivity contribution in [1.82, 2.24) is 9.36 Å². The van der Waals surface area contributed by atoms with Gasteiger partial charge < -0.3 is 10.1 Å². The zero-order chi connectivity index (χ0) is 20.4. The molecule has 6 nitrogen and oxygen atoms in total. The lowest BCUT2D eigenvalue weighted by Gasteiger charge is -2.15. The SMILES string of the molecule is Cc1c(NC(=O)[C@H](C)Oc2ccc(F)cc2Cl)c(=O)n(-c2ccccc2)n1C. The van der Waals surface area contributed by atoms with Crippen LogP contribution in [0.3, 0.4) is 0 Å². The molecule has 2 aromatic carbocycles. The fourth-order valence-corrected chi connectivity index (χ4v) is 2.96. The summed E-state index contributed by atoms with van der Waals surface area (Å²) in [5.41, 5.74) is 1.08. The minimum absolute atomic E-state index is 0.0574. The first-order valence-corrected chi connectivity index (χ1v) is 8.94. The van der Waals surface area contributed by atoms with Gasteiger partial charge in [-0.25, -0.2) is 9.07 Å². The zero-order valence-electron chi connectivity index (χ0n) is 15.6. The van der Waals surface area contributed by atoms with Gasteiger partial charge in [-0.1, -0.05) is 29.8 Å². The number of aromatic nitrogens is 2. The van der Waals surface area contributed by atoms with Gasteiger partial charge in [-0.2, -0.15) is 0 Å². The molecule has 146 valence electrons. The molecular weight excluding hydrogens is 385 g/mol. The molecule has 0 radical (unpaired) electrons. The van der Waals surface area contributed by atoms with Crippen LogP contribution in [-0.4, -0.2) is 21.4 Å². The molecule has 8 heteroatoms. The van der Waals surface area contributed by atoms with Crippen molar-refractivity contribution in [2.45, 2.75) is 20.0 Å². The Balaban J connectivity index is 1.83. The monoisotopic (exact) mass is 403 g/mol. The van der Waals surface area contributed by atoms with E-state index in [1.165, 1.54) is 23.7 Å². The lowest BCUT2D eigenvalue weighted by Crippen LogP contribution is -2.32. The van der Waals surface area contributed by atoms with Crippen molar-refractivity contribution in [2.24, 2.45) is 7.05 Å². The van der Waals surface area contributed by atoms with Crippen molar-refractivity contribution in [1.29, 1.82) is 0 Å². The van der Waals surface area contributed by atoms with Gasteiger partial charge in [0.2, 0.25) is 0 Å². The van der Waals surface area contributed by atoms with Gasteiger partial charge in [-0.15, -0.1) is 0 Å². The number of anilines is 1. The number of para-hydroxylation sites is 1. The summed E-state index contributed by atoms with van der Waals surface area (Å²) < 4.78 is 21.8. The highest BCUT2D eigenvalue weighted by atomic mass is 35.5. The highest BCUT2D eigenvalue weighted by Gasteiger charge is 2.22. The first-order chi connectivity index (χ1) is 13.3. The molecule has 0 aliphatic heterocycles. The molecule has 1 aromatic heterocycles. The van der Waals surface area contributed by atoms with Crippen LogP contribution in [0.15, 0.2) is 53.3 Å². The van der Waals surface area contributed by atoms with Crippen LogP contribution < -0.4 is 15.6 Å². The minimum atomic E-state index is -0.952. The molecule has 0 bridgehead atoms. The Labute approximate surface area is 166 Å². The van der Waals surface area contributed by atoms with Crippen LogP contribution >= 0.6 is 11.6 Å². The Bertz CT molecular complexity index is 1080. The summed E-state index contributed by atoms with van der Waals surface area (Å²) in [6.45, 7) is 3.25. The maximum absolute atomic E-state index is 13.1. The van der Waals surface area contributed by atoms with Crippen LogP contribution in [-0.2, 0) is 11.8 Å². The van der Waals surface area contributed by atoms with E-state index in [4.69, 9.17) is 16.3 Å². The lowest BCUT2D eigenvalue weighted by atomic mass is 10.3. The Kier molecular flexibility index (Phi) is 5.56. The van der Waals surface area contributed by atoms with Crippen LogP contribution in [0.5, 0.6) is 5.75 Å². The van der Waals surface area contributed by atoms with Crippen LogP contribution in [0.1, 0.15) is 12.6 Å². The van der Waals surface area contributed by atoms with Gasteiger partial charge in [0.1, 0.15) is 17.3 Å². The standard InChI is InChI=1S/C20H19ClFN3O3/c1-12-18(20(27)25(24(12)3)15-7-5-4-6-8-15)23-19(26)13(2)28-17-10-9-14(22)11-16(17)21/h4-11,13H,1-3H3,(H,23,26)/t13-/m0/s1. The molecule has 0 saturated heterocycles. The highest BCUT2D eigenvalue weighted by molar-refractivity contribution is 6.32. The highest BCUT2D eigenvalue weighted by Crippen LogP contribution is 2.26. The predicted octanol–water partition coefficient (Wildman–Crippen LogP) is 3.68. The number of ether oxygens (including phenoxy) is 1. The molecule has 1 heterocycles. The van der Waals surface area contributed by atoms with Crippen molar-refractivity contribution in [2.75, 3.05) is 5.32 Å². The van der Waals surface area contributed by atoms with E-state index in [2.05, 4.69) is 5.32 Å². The third-order valence-corrected chi connectivity index (χ3v) is 4.66. The number of nitrogens with zero attached hydrogens (tertiary/aromatic N) is 2. The number of carbonyl (C=O) groups is 1. The third-order valence-electron chi connectivity index (χ3n) is 4.37. The quantitative estimate of drug-likeness (QED) is 0.706. The first-order valence-electron chi connectivity index (χ1n) is 8.56. The van der Waals surface area contributed by atoms with Crippen LogP contribution in [0, 0.1) is 12.7 Å². The second kappa shape index (κ2) is 7.90. The maximum atomic E-state index is 13.1. The van der Waals surface area contributed by atoms with Crippen LogP contribution in [0.2, 0.25) is 5.02 Å². The Morgan fingerprint density at radius 1 is 1.21 bits per heavy atom. The van der Waals surface area contributed by atoms with E-state index in [9.17, 15) is 14.0 Å². The number of benzene rings is 2. The van der Waals surface area contributed by atoms with E-state index in [1.807, 2.05) is 18.2 Å². The van der Waals surface area contributed by atoms with E-state index < -0.39 is 17.8 Å². The van der Waals surface area contributed by atoms with Crippen molar-refractivity contribution < 1.29 is 13.9 Å². The topological polar surface area (TPSA) is 65.3 Å². The third kappa shape index (κ3) is 3.80. The fourth-order valence-electron chi connectivity index (χ4n) is 2.75. The van der Waals surface area contributed by atoms with Crippen molar-refractivity contribution >= 4 is 23.2 Å². The predicted molar refractivity (Wildman–Crippen MR) is 106 cm³/mol. The van der Waals surface area contributed by atoms with Gasteiger partial charge in [0.05, 0.1) is 16.4 Å². The van der Waals surface area contributed by atoms with Gasteiger partial charge >= 0.3 is 0 Å². The molecule has 3 aromatic rings. The Hall–Kier alpha value is -3.06. The smallest absolute Gasteiger partial charge is 0.295 e. The average molecular weight is 404 g/mol. The summed E-state index contributed by atoms with van der Waals surface area (Å²) in [6.07, 6.45) is -0.952. The van der Waals surface area contributed by atoms with Gasteiger partial charge in [-0.05, 0) is 44.2 Å². The van der Waals surface area contributed by atoms with Gasteiger partial charge in [0.15, 0.2) is 6.10 Å². The number of hydrogen-bond donors (Lipinski definition) is 1. The Morgan fingerprint density at radius 2 is 1.89 bits per heavy atom. The van der Waals surface area contributed by atoms with Crippen molar-refractivity contribution in [3.05, 3.63) is 75.4 Å². The second-order valence-electron chi connectivity index (χ2n) is 6.26. The van der Waals surface area contributed by atoms with Crippen LogP contribution in [0.4, 0.5) is 10.1 Å². The average Bonchev–Trinajstić information content (AvgIpc) is 2.88. The normalized spacial score (nSPS) is 11.9. The summed E-state index contributed by atoms with van der Waals surface area (Å²) in [7, 11) is 1.73. The largest absolute Gasteiger partial charge is 0.479 e. The molecule has 3 rings (SSSR count). The summed E-state index contributed by atoms with van der Waals surface area (Å²) in [5, 5.41) is 2.68. The molecule has 0 aliphatic rings. The van der Waals surface area contributed by atoms with Crippen molar-refractivity contribution in [3.8, 4) is 11.4 Å². The molecular formula is C20H19ClFN3O3. The molecule has 1 atom stereocenters. The minimum Gasteiger partial charge on any atom is -0.479 e. The second-order valence-corrected chi connectivity index (χ2v) is 6.67. The summed E-state index contributed by atoms with van der Waals surface area (Å²) in [5.74, 6) is -0.848. The first kappa shape index (κ1) is 19.7. The molecule has 0 fully saturated rings. The van der Waals surface area contributed by atoms with Gasteiger partial charge in [0.25, 0.3) is 11.5 Å². The molecule has 0 spiro atoms. The van der Waals surface area contributed by atoms with Crippen LogP contribution in [0.25, 0.3) is 5.69 Å². The number of amides is 1. The van der Waals surface area contributed by atoms with E-state index >= 15 is 0 Å². The molecule has 0 aliphatic carbocycles. The Morgan fingerprint density at radius 3 is 2.54 bits per heavy atom. The number of rotatable bonds is 5. The summed E-state index contributed by atoms with van der Waals surface area (Å²) in [4.78, 5) is 25.4. The maximum Gasteiger partial charge on any atom is 0.295 e. The molecule has 1 amide bonds. The van der Waals surface area contributed by atoms with Gasteiger partial charge in [0, 0.05) is 7.05 Å². The number of carbonyl (C=O) groups excluding carboxylic acids is 1. The number of nitrogens with one attached hydrogen (secondary N) is 1. The number of halogens is 2. The van der Waals surface area contributed by atoms with E-state index in [-0.39, 0.29) is 22.0 Å². The summed E-state index contributed by atoms with van der Waals surface area (Å²) in [6, 6.07) is 12.7. The van der Waals surface area contributed by atoms with E-state index in [0.29, 0.717) is 11.4 Å². The fraction of sp³-hybridized carbons (Fsp3) is 0.200. The molecule has 0 saturated carbocycles. The van der Waals surface area contributed by atoms with E-state index in [1.54, 1.807) is 30.8 Å². The molecule has 1 N–H and O–H groups in total. The lowest BCUT2D eigenvalue weighted by molar-refractivity contribution is -0.122. The summed E-state index contributed by atoms with van der Waals surface area (Å²) >= 11 is 5.93. The molecule has 0 unspecified atom stereocenters. The van der Waals surface area contributed by atoms with E-state index in [0.717, 1.165) is 6.07 Å². The number of hydrogen-bond acceptors (Lipinski definition) is 3.